The summed E-state index contributed by atoms with van der Waals surface area (Å²) in [5.41, 5.74) is 1.99. The number of aromatic nitrogens is 2. The number of para-hydroxylation sites is 2. The SMILES string of the molecule is CC(C)C(=O)N1CCC(Nc2nc3ccccc3[nH]2)C1. The van der Waals surface area contributed by atoms with E-state index < -0.39 is 0 Å². The highest BCUT2D eigenvalue weighted by Gasteiger charge is 2.27. The Balaban J connectivity index is 1.66. The maximum absolute atomic E-state index is 12.0. The third kappa shape index (κ3) is 2.48. The van der Waals surface area contributed by atoms with Crippen molar-refractivity contribution in [3.05, 3.63) is 24.3 Å². The minimum Gasteiger partial charge on any atom is -0.351 e. The minimum absolute atomic E-state index is 0.0694. The van der Waals surface area contributed by atoms with E-state index in [2.05, 4.69) is 15.3 Å². The Hall–Kier alpha value is -2.04. The van der Waals surface area contributed by atoms with Gasteiger partial charge < -0.3 is 15.2 Å². The van der Waals surface area contributed by atoms with Gasteiger partial charge in [0.25, 0.3) is 0 Å². The topological polar surface area (TPSA) is 61.0 Å². The number of hydrogen-bond donors (Lipinski definition) is 2. The summed E-state index contributed by atoms with van der Waals surface area (Å²) in [5, 5.41) is 3.39. The standard InChI is InChI=1S/C15H20N4O/c1-10(2)14(20)19-8-7-11(9-19)16-15-17-12-5-3-4-6-13(12)18-15/h3-6,10-11H,7-9H2,1-2H3,(H2,16,17,18). The summed E-state index contributed by atoms with van der Waals surface area (Å²) in [4.78, 5) is 21.7. The van der Waals surface area contributed by atoms with Crippen LogP contribution in [-0.2, 0) is 4.79 Å². The van der Waals surface area contributed by atoms with Crippen LogP contribution in [0.5, 0.6) is 0 Å². The van der Waals surface area contributed by atoms with Gasteiger partial charge in [0.2, 0.25) is 11.9 Å². The molecule has 2 N–H and O–H groups in total. The molecule has 2 heterocycles. The molecule has 3 rings (SSSR count). The van der Waals surface area contributed by atoms with Crippen LogP contribution < -0.4 is 5.32 Å². The Morgan fingerprint density at radius 1 is 1.45 bits per heavy atom. The second kappa shape index (κ2) is 5.15. The molecule has 0 spiro atoms. The smallest absolute Gasteiger partial charge is 0.225 e. The monoisotopic (exact) mass is 272 g/mol. The first-order valence-corrected chi connectivity index (χ1v) is 7.13. The van der Waals surface area contributed by atoms with Gasteiger partial charge in [-0.3, -0.25) is 4.79 Å². The zero-order valence-electron chi connectivity index (χ0n) is 11.9. The lowest BCUT2D eigenvalue weighted by Crippen LogP contribution is -2.34. The van der Waals surface area contributed by atoms with Crippen LogP contribution in [0.2, 0.25) is 0 Å². The number of likely N-dealkylation sites (tertiary alicyclic amines) is 1. The highest BCUT2D eigenvalue weighted by molar-refractivity contribution is 5.79. The van der Waals surface area contributed by atoms with Crippen LogP contribution >= 0.6 is 0 Å². The Morgan fingerprint density at radius 2 is 2.25 bits per heavy atom. The molecular weight excluding hydrogens is 252 g/mol. The van der Waals surface area contributed by atoms with Gasteiger partial charge in [0, 0.05) is 25.0 Å². The van der Waals surface area contributed by atoms with Crippen molar-refractivity contribution in [3.63, 3.8) is 0 Å². The molecular formula is C15H20N4O. The third-order valence-corrected chi connectivity index (χ3v) is 3.72. The summed E-state index contributed by atoms with van der Waals surface area (Å²) in [5.74, 6) is 1.09. The predicted octanol–water partition coefficient (Wildman–Crippen LogP) is 2.23. The predicted molar refractivity (Wildman–Crippen MR) is 79.5 cm³/mol. The number of aromatic amines is 1. The summed E-state index contributed by atoms with van der Waals surface area (Å²) in [6.07, 6.45) is 0.968. The van der Waals surface area contributed by atoms with E-state index in [4.69, 9.17) is 0 Å². The van der Waals surface area contributed by atoms with Gasteiger partial charge >= 0.3 is 0 Å². The van der Waals surface area contributed by atoms with E-state index in [-0.39, 0.29) is 17.9 Å². The molecule has 1 amide bonds. The molecule has 1 aliphatic heterocycles. The van der Waals surface area contributed by atoms with Crippen LogP contribution in [0.15, 0.2) is 24.3 Å². The first-order chi connectivity index (χ1) is 9.63. The number of H-pyrrole nitrogens is 1. The molecule has 0 saturated carbocycles. The number of rotatable bonds is 3. The summed E-state index contributed by atoms with van der Waals surface area (Å²) in [6.45, 7) is 5.48. The normalized spacial score (nSPS) is 18.9. The molecule has 1 aromatic carbocycles. The van der Waals surface area contributed by atoms with Crippen LogP contribution in [-0.4, -0.2) is 39.9 Å². The molecule has 1 unspecified atom stereocenters. The molecule has 2 aromatic rings. The Morgan fingerprint density at radius 3 is 3.00 bits per heavy atom. The number of anilines is 1. The molecule has 1 atom stereocenters. The molecule has 0 radical (unpaired) electrons. The van der Waals surface area contributed by atoms with E-state index in [1.54, 1.807) is 0 Å². The van der Waals surface area contributed by atoms with Crippen molar-refractivity contribution in [1.29, 1.82) is 0 Å². The number of nitrogens with zero attached hydrogens (tertiary/aromatic N) is 2. The highest BCUT2D eigenvalue weighted by atomic mass is 16.2. The van der Waals surface area contributed by atoms with Gasteiger partial charge in [0.15, 0.2) is 0 Å². The minimum atomic E-state index is 0.0694. The zero-order chi connectivity index (χ0) is 14.1. The Labute approximate surface area is 118 Å². The van der Waals surface area contributed by atoms with Crippen LogP contribution in [0.3, 0.4) is 0 Å². The van der Waals surface area contributed by atoms with Gasteiger partial charge in [-0.25, -0.2) is 4.98 Å². The quantitative estimate of drug-likeness (QED) is 0.900. The van der Waals surface area contributed by atoms with Crippen LogP contribution in [0.1, 0.15) is 20.3 Å². The van der Waals surface area contributed by atoms with Crippen LogP contribution in [0.25, 0.3) is 11.0 Å². The highest BCUT2D eigenvalue weighted by Crippen LogP contribution is 2.18. The number of carbonyl (C=O) groups is 1. The second-order valence-corrected chi connectivity index (χ2v) is 5.67. The zero-order valence-corrected chi connectivity index (χ0v) is 11.9. The Kier molecular flexibility index (Phi) is 3.34. The summed E-state index contributed by atoms with van der Waals surface area (Å²) >= 11 is 0. The number of imidazole rings is 1. The summed E-state index contributed by atoms with van der Waals surface area (Å²) in [6, 6.07) is 8.24. The maximum Gasteiger partial charge on any atom is 0.225 e. The van der Waals surface area contributed by atoms with Gasteiger partial charge in [-0.15, -0.1) is 0 Å². The lowest BCUT2D eigenvalue weighted by molar-refractivity contribution is -0.133. The van der Waals surface area contributed by atoms with Gasteiger partial charge in [-0.05, 0) is 18.6 Å². The number of amides is 1. The lowest BCUT2D eigenvalue weighted by atomic mass is 10.2. The first kappa shape index (κ1) is 13.0. The van der Waals surface area contributed by atoms with Crippen LogP contribution in [0, 0.1) is 5.92 Å². The average Bonchev–Trinajstić information content (AvgIpc) is 3.03. The van der Waals surface area contributed by atoms with Crippen LogP contribution in [0.4, 0.5) is 5.95 Å². The number of fused-ring (bicyclic) bond motifs is 1. The van der Waals surface area contributed by atoms with E-state index >= 15 is 0 Å². The molecule has 20 heavy (non-hydrogen) atoms. The molecule has 5 heteroatoms. The molecule has 1 fully saturated rings. The van der Waals surface area contributed by atoms with Crippen molar-refractivity contribution in [2.45, 2.75) is 26.3 Å². The van der Waals surface area contributed by atoms with Gasteiger partial charge in [0.05, 0.1) is 11.0 Å². The lowest BCUT2D eigenvalue weighted by Gasteiger charge is -2.18. The van der Waals surface area contributed by atoms with E-state index in [1.165, 1.54) is 0 Å². The third-order valence-electron chi connectivity index (χ3n) is 3.72. The maximum atomic E-state index is 12.0. The van der Waals surface area contributed by atoms with Crippen molar-refractivity contribution in [3.8, 4) is 0 Å². The molecule has 1 saturated heterocycles. The van der Waals surface area contributed by atoms with E-state index in [9.17, 15) is 4.79 Å². The number of hydrogen-bond acceptors (Lipinski definition) is 3. The van der Waals surface area contributed by atoms with Crippen molar-refractivity contribution in [2.24, 2.45) is 5.92 Å². The number of benzene rings is 1. The van der Waals surface area contributed by atoms with E-state index in [0.717, 1.165) is 36.5 Å². The first-order valence-electron chi connectivity index (χ1n) is 7.13. The molecule has 5 nitrogen and oxygen atoms in total. The summed E-state index contributed by atoms with van der Waals surface area (Å²) in [7, 11) is 0. The fraction of sp³-hybridized carbons (Fsp3) is 0.467. The molecule has 106 valence electrons. The fourth-order valence-electron chi connectivity index (χ4n) is 2.66. The second-order valence-electron chi connectivity index (χ2n) is 5.67. The molecule has 0 bridgehead atoms. The van der Waals surface area contributed by atoms with Crippen molar-refractivity contribution in [2.75, 3.05) is 18.4 Å². The number of nitrogens with one attached hydrogen (secondary N) is 2. The average molecular weight is 272 g/mol. The van der Waals surface area contributed by atoms with Gasteiger partial charge in [0.1, 0.15) is 0 Å². The fourth-order valence-corrected chi connectivity index (χ4v) is 2.66. The molecule has 0 aliphatic carbocycles. The molecule has 1 aromatic heterocycles. The summed E-state index contributed by atoms with van der Waals surface area (Å²) < 4.78 is 0. The molecule has 1 aliphatic rings. The van der Waals surface area contributed by atoms with Crippen molar-refractivity contribution < 1.29 is 4.79 Å². The van der Waals surface area contributed by atoms with Gasteiger partial charge in [-0.1, -0.05) is 26.0 Å². The number of carbonyl (C=O) groups excluding carboxylic acids is 1. The van der Waals surface area contributed by atoms with E-state index in [0.29, 0.717) is 0 Å². The largest absolute Gasteiger partial charge is 0.351 e. The Bertz CT molecular complexity index is 586. The van der Waals surface area contributed by atoms with E-state index in [1.807, 2.05) is 43.0 Å². The van der Waals surface area contributed by atoms with Crippen molar-refractivity contribution in [1.82, 2.24) is 14.9 Å². The van der Waals surface area contributed by atoms with Gasteiger partial charge in [-0.2, -0.15) is 0 Å². The van der Waals surface area contributed by atoms with Crippen molar-refractivity contribution >= 4 is 22.9 Å².